The quantitative estimate of drug-likeness (QED) is 0.502. The number of nitrogens with one attached hydrogen (secondary N) is 1. The molecule has 2 unspecified atom stereocenters. The number of Topliss-reactive ketones (excluding diaryl/α,β-unsaturated/α-hetero) is 1. The number of carbonyl (C=O) groups is 2. The summed E-state index contributed by atoms with van der Waals surface area (Å²) in [7, 11) is -3.72. The number of hydrogen-bond acceptors (Lipinski definition) is 7. The number of allylic oxidation sites excluding steroid dienone is 1. The zero-order chi connectivity index (χ0) is 24.3. The van der Waals surface area contributed by atoms with Crippen molar-refractivity contribution in [1.29, 1.82) is 0 Å². The number of sulfonamides is 1. The average molecular weight is 472 g/mol. The minimum absolute atomic E-state index is 0.00371. The molecule has 1 aliphatic carbocycles. The molecule has 1 N–H and O–H groups in total. The van der Waals surface area contributed by atoms with E-state index in [9.17, 15) is 18.0 Å². The molecule has 1 aliphatic heterocycles. The maximum Gasteiger partial charge on any atom is 0.331 e. The van der Waals surface area contributed by atoms with Crippen LogP contribution in [0.5, 0.6) is 5.75 Å². The third-order valence-corrected chi connectivity index (χ3v) is 6.24. The molecule has 8 nitrogen and oxygen atoms in total. The highest BCUT2D eigenvalue weighted by Crippen LogP contribution is 2.63. The number of anilines is 1. The first kappa shape index (κ1) is 22.8. The molecule has 0 saturated carbocycles. The fraction of sp³-hybridized carbons (Fsp3) is 0.333. The lowest BCUT2D eigenvalue weighted by Crippen LogP contribution is -2.53. The van der Waals surface area contributed by atoms with Crippen LogP contribution in [0.3, 0.4) is 0 Å². The summed E-state index contributed by atoms with van der Waals surface area (Å²) < 4.78 is 44.6. The van der Waals surface area contributed by atoms with E-state index in [2.05, 4.69) is 11.3 Å². The third kappa shape index (κ3) is 3.30. The van der Waals surface area contributed by atoms with Gasteiger partial charge in [0, 0.05) is 6.92 Å². The molecule has 9 heteroatoms. The molecule has 0 spiro atoms. The Bertz CT molecular complexity index is 1310. The number of esters is 1. The van der Waals surface area contributed by atoms with Gasteiger partial charge in [-0.05, 0) is 30.5 Å². The van der Waals surface area contributed by atoms with Gasteiger partial charge in [0.1, 0.15) is 5.75 Å². The van der Waals surface area contributed by atoms with Gasteiger partial charge in [-0.2, -0.15) is 0 Å². The molecule has 0 amide bonds. The van der Waals surface area contributed by atoms with Crippen molar-refractivity contribution in [1.82, 2.24) is 0 Å². The summed E-state index contributed by atoms with van der Waals surface area (Å²) in [6.07, 6.45) is 0.980. The predicted molar refractivity (Wildman–Crippen MR) is 121 cm³/mol. The van der Waals surface area contributed by atoms with Crippen molar-refractivity contribution >= 4 is 27.5 Å². The van der Waals surface area contributed by atoms with Crippen molar-refractivity contribution in [2.75, 3.05) is 11.0 Å². The minimum atomic E-state index is -3.72. The Morgan fingerprint density at radius 3 is 2.39 bits per heavy atom. The van der Waals surface area contributed by atoms with Gasteiger partial charge in [0.2, 0.25) is 15.8 Å². The van der Waals surface area contributed by atoms with Crippen LogP contribution in [-0.4, -0.2) is 26.4 Å². The number of rotatable bonds is 6. The molecule has 174 valence electrons. The van der Waals surface area contributed by atoms with Crippen LogP contribution in [0.1, 0.15) is 60.7 Å². The van der Waals surface area contributed by atoms with E-state index >= 15 is 0 Å². The Kier molecular flexibility index (Phi) is 5.09. The molecular weight excluding hydrogens is 446 g/mol. The zero-order valence-corrected chi connectivity index (χ0v) is 19.8. The number of hydrogen-bond donors (Lipinski definition) is 1. The lowest BCUT2D eigenvalue weighted by Gasteiger charge is -2.37. The highest BCUT2D eigenvalue weighted by atomic mass is 32.2. The van der Waals surface area contributed by atoms with E-state index in [1.165, 1.54) is 13.0 Å². The second-order valence-corrected chi connectivity index (χ2v) is 10.4. The third-order valence-electron chi connectivity index (χ3n) is 5.64. The maximum absolute atomic E-state index is 14.1. The molecule has 0 saturated heterocycles. The zero-order valence-electron chi connectivity index (χ0n) is 19.0. The van der Waals surface area contributed by atoms with Crippen LogP contribution >= 0.6 is 0 Å². The van der Waals surface area contributed by atoms with Gasteiger partial charge in [-0.25, -0.2) is 8.42 Å². The summed E-state index contributed by atoms with van der Waals surface area (Å²) in [5.74, 6) is -2.57. The first-order valence-corrected chi connectivity index (χ1v) is 12.2. The van der Waals surface area contributed by atoms with E-state index in [1.807, 2.05) is 19.9 Å². The number of benzene rings is 2. The maximum atomic E-state index is 14.1. The number of ether oxygens (including phenoxy) is 3. The molecule has 4 rings (SSSR count). The van der Waals surface area contributed by atoms with Gasteiger partial charge in [0.15, 0.2) is 0 Å². The van der Waals surface area contributed by atoms with Crippen molar-refractivity contribution in [2.24, 2.45) is 0 Å². The molecular formula is C24H25NO7S. The van der Waals surface area contributed by atoms with Gasteiger partial charge in [-0.1, -0.05) is 44.7 Å². The predicted octanol–water partition coefficient (Wildman–Crippen LogP) is 3.93. The van der Waals surface area contributed by atoms with Gasteiger partial charge in [0.25, 0.3) is 5.60 Å². The van der Waals surface area contributed by atoms with Gasteiger partial charge in [-0.15, -0.1) is 0 Å². The molecule has 0 radical (unpaired) electrons. The second-order valence-electron chi connectivity index (χ2n) is 8.64. The van der Waals surface area contributed by atoms with Gasteiger partial charge >= 0.3 is 11.8 Å². The fourth-order valence-electron chi connectivity index (χ4n) is 4.50. The van der Waals surface area contributed by atoms with E-state index in [-0.39, 0.29) is 28.5 Å². The number of fused-ring (bicyclic) bond motifs is 5. The monoisotopic (exact) mass is 471 g/mol. The van der Waals surface area contributed by atoms with E-state index in [0.717, 1.165) is 11.8 Å². The Balaban J connectivity index is 2.08. The number of carbonyl (C=O) groups excluding carboxylic acids is 2. The summed E-state index contributed by atoms with van der Waals surface area (Å²) in [6, 6.07) is 9.92. The van der Waals surface area contributed by atoms with Crippen molar-refractivity contribution in [2.45, 2.75) is 45.0 Å². The topological polar surface area (TPSA) is 108 Å². The standard InChI is InChI=1S/C24H25NO7S/c1-13(2)16-10-11-17-20(12-16)32-24(30-14(3)4)18-8-7-9-19(25-33(6,28)29)21(18)22(27)23(17,24)31-15(5)26/h7-13,25H,3H2,1-2,4-6H3. The number of ketones is 1. The molecule has 0 bridgehead atoms. The minimum Gasteiger partial charge on any atom is -0.450 e. The van der Waals surface area contributed by atoms with Crippen molar-refractivity contribution in [3.8, 4) is 5.75 Å². The molecule has 2 aromatic carbocycles. The Morgan fingerprint density at radius 1 is 1.12 bits per heavy atom. The average Bonchev–Trinajstić information content (AvgIpc) is 3.04. The lowest BCUT2D eigenvalue weighted by atomic mass is 9.85. The van der Waals surface area contributed by atoms with Crippen LogP contribution in [0.2, 0.25) is 0 Å². The first-order chi connectivity index (χ1) is 15.3. The van der Waals surface area contributed by atoms with Crippen LogP contribution in [-0.2, 0) is 35.7 Å². The van der Waals surface area contributed by atoms with Crippen molar-refractivity contribution in [3.63, 3.8) is 0 Å². The van der Waals surface area contributed by atoms with Crippen LogP contribution in [0, 0.1) is 0 Å². The smallest absolute Gasteiger partial charge is 0.331 e. The molecule has 33 heavy (non-hydrogen) atoms. The summed E-state index contributed by atoms with van der Waals surface area (Å²) in [5, 5.41) is 0. The lowest BCUT2D eigenvalue weighted by molar-refractivity contribution is -0.247. The summed E-state index contributed by atoms with van der Waals surface area (Å²) >= 11 is 0. The molecule has 1 heterocycles. The van der Waals surface area contributed by atoms with E-state index in [4.69, 9.17) is 14.2 Å². The SMILES string of the molecule is C=C(C)OC12Oc3cc(C(C)C)ccc3C1(OC(C)=O)C(=O)c1c(NS(C)(=O)=O)cccc12. The normalized spacial score (nSPS) is 22.8. The molecule has 2 atom stereocenters. The first-order valence-electron chi connectivity index (χ1n) is 10.4. The Labute approximate surface area is 192 Å². The molecule has 2 aromatic rings. The largest absolute Gasteiger partial charge is 0.450 e. The Morgan fingerprint density at radius 2 is 1.82 bits per heavy atom. The summed E-state index contributed by atoms with van der Waals surface area (Å²) in [6.45, 7) is 10.6. The molecule has 0 aromatic heterocycles. The van der Waals surface area contributed by atoms with Gasteiger partial charge < -0.3 is 14.2 Å². The van der Waals surface area contributed by atoms with Crippen LogP contribution in [0.15, 0.2) is 48.7 Å². The van der Waals surface area contributed by atoms with Crippen molar-refractivity contribution < 1.29 is 32.2 Å². The Hall–Kier alpha value is -3.33. The second kappa shape index (κ2) is 7.34. The summed E-state index contributed by atoms with van der Waals surface area (Å²) in [4.78, 5) is 26.4. The highest BCUT2D eigenvalue weighted by molar-refractivity contribution is 7.92. The highest BCUT2D eigenvalue weighted by Gasteiger charge is 2.76. The van der Waals surface area contributed by atoms with Crippen molar-refractivity contribution in [3.05, 3.63) is 71.0 Å². The van der Waals surface area contributed by atoms with Crippen LogP contribution in [0.25, 0.3) is 0 Å². The fourth-order valence-corrected chi connectivity index (χ4v) is 5.07. The van der Waals surface area contributed by atoms with Crippen LogP contribution in [0.4, 0.5) is 5.69 Å². The summed E-state index contributed by atoms with van der Waals surface area (Å²) in [5.41, 5.74) is -0.487. The van der Waals surface area contributed by atoms with E-state index in [0.29, 0.717) is 11.3 Å². The van der Waals surface area contributed by atoms with Gasteiger partial charge in [-0.3, -0.25) is 14.3 Å². The van der Waals surface area contributed by atoms with Gasteiger partial charge in [0.05, 0.1) is 34.4 Å². The van der Waals surface area contributed by atoms with E-state index in [1.54, 1.807) is 31.2 Å². The van der Waals surface area contributed by atoms with Crippen LogP contribution < -0.4 is 9.46 Å². The van der Waals surface area contributed by atoms with E-state index < -0.39 is 33.2 Å². The molecule has 2 aliphatic rings. The molecule has 0 fully saturated rings.